The summed E-state index contributed by atoms with van der Waals surface area (Å²) in [6, 6.07) is 12.4. The van der Waals surface area contributed by atoms with Gasteiger partial charge < -0.3 is 14.5 Å². The van der Waals surface area contributed by atoms with Gasteiger partial charge in [-0.05, 0) is 65.0 Å². The Morgan fingerprint density at radius 3 is 2.67 bits per heavy atom. The lowest BCUT2D eigenvalue weighted by Gasteiger charge is -2.31. The molecule has 0 aromatic heterocycles. The summed E-state index contributed by atoms with van der Waals surface area (Å²) in [7, 11) is 1.78. The summed E-state index contributed by atoms with van der Waals surface area (Å²) in [6.45, 7) is 2.57. The zero-order chi connectivity index (χ0) is 19.2. The molecule has 0 aliphatic carbocycles. The third-order valence-corrected chi connectivity index (χ3v) is 5.39. The normalized spacial score (nSPS) is 14.1. The van der Waals surface area contributed by atoms with E-state index in [1.165, 1.54) is 43.1 Å². The monoisotopic (exact) mass is 434 g/mol. The second-order valence-electron chi connectivity index (χ2n) is 6.79. The predicted octanol–water partition coefficient (Wildman–Crippen LogP) is 4.62. The Kier molecular flexibility index (Phi) is 6.72. The quantitative estimate of drug-likeness (QED) is 0.664. The molecule has 144 valence electrons. The summed E-state index contributed by atoms with van der Waals surface area (Å²) in [5, 5.41) is 0. The average Bonchev–Trinajstić information content (AvgIpc) is 2.68. The minimum Gasteiger partial charge on any atom is -0.483 e. The van der Waals surface area contributed by atoms with E-state index in [9.17, 15) is 9.18 Å². The number of hydrogen-bond donors (Lipinski definition) is 0. The first-order valence-corrected chi connectivity index (χ1v) is 9.98. The Hall–Kier alpha value is -2.08. The van der Waals surface area contributed by atoms with E-state index in [1.807, 2.05) is 12.1 Å². The van der Waals surface area contributed by atoms with Crippen LogP contribution in [0.1, 0.15) is 24.8 Å². The van der Waals surface area contributed by atoms with E-state index in [-0.39, 0.29) is 18.3 Å². The number of halogens is 2. The fourth-order valence-corrected chi connectivity index (χ4v) is 3.74. The van der Waals surface area contributed by atoms with Crippen LogP contribution in [0.15, 0.2) is 46.9 Å². The summed E-state index contributed by atoms with van der Waals surface area (Å²) in [5.74, 6) is -0.0291. The van der Waals surface area contributed by atoms with Crippen molar-refractivity contribution in [1.82, 2.24) is 4.90 Å². The van der Waals surface area contributed by atoms with Crippen LogP contribution in [0.2, 0.25) is 0 Å². The Balaban J connectivity index is 1.61. The van der Waals surface area contributed by atoms with Gasteiger partial charge in [-0.25, -0.2) is 4.39 Å². The lowest BCUT2D eigenvalue weighted by atomic mass is 10.1. The summed E-state index contributed by atoms with van der Waals surface area (Å²) >= 11 is 3.25. The molecule has 0 unspecified atom stereocenters. The van der Waals surface area contributed by atoms with Gasteiger partial charge in [-0.1, -0.05) is 18.2 Å². The predicted molar refractivity (Wildman–Crippen MR) is 109 cm³/mol. The lowest BCUT2D eigenvalue weighted by Crippen LogP contribution is -2.33. The van der Waals surface area contributed by atoms with Gasteiger partial charge in [0, 0.05) is 32.4 Å². The highest BCUT2D eigenvalue weighted by Crippen LogP contribution is 2.26. The number of nitrogens with zero attached hydrogens (tertiary/aromatic N) is 2. The number of ether oxygens (including phenoxy) is 1. The van der Waals surface area contributed by atoms with Crippen molar-refractivity contribution in [2.45, 2.75) is 25.8 Å². The Morgan fingerprint density at radius 2 is 1.93 bits per heavy atom. The lowest BCUT2D eigenvalue weighted by molar-refractivity contribution is -0.132. The van der Waals surface area contributed by atoms with Gasteiger partial charge in [0.05, 0.1) is 4.47 Å². The number of carbonyl (C=O) groups excluding carboxylic acids is 1. The van der Waals surface area contributed by atoms with Crippen LogP contribution in [0.3, 0.4) is 0 Å². The molecule has 2 aromatic carbocycles. The van der Waals surface area contributed by atoms with Crippen molar-refractivity contribution in [3.8, 4) is 5.75 Å². The summed E-state index contributed by atoms with van der Waals surface area (Å²) in [5.41, 5.74) is 2.34. The number of para-hydroxylation sites is 1. The molecule has 0 radical (unpaired) electrons. The third kappa shape index (κ3) is 5.22. The fourth-order valence-electron chi connectivity index (χ4n) is 3.27. The van der Waals surface area contributed by atoms with E-state index in [4.69, 9.17) is 4.74 Å². The number of carbonyl (C=O) groups is 1. The van der Waals surface area contributed by atoms with Gasteiger partial charge in [-0.15, -0.1) is 0 Å². The maximum Gasteiger partial charge on any atom is 0.260 e. The van der Waals surface area contributed by atoms with Crippen LogP contribution in [-0.2, 0) is 11.3 Å². The van der Waals surface area contributed by atoms with Crippen LogP contribution in [0.4, 0.5) is 10.1 Å². The van der Waals surface area contributed by atoms with Crippen LogP contribution in [0.5, 0.6) is 5.75 Å². The molecular formula is C21H24BrFN2O2. The highest BCUT2D eigenvalue weighted by Gasteiger charge is 2.17. The molecule has 0 saturated carbocycles. The maximum absolute atomic E-state index is 13.1. The van der Waals surface area contributed by atoms with Crippen LogP contribution in [0, 0.1) is 5.82 Å². The molecule has 1 heterocycles. The zero-order valence-electron chi connectivity index (χ0n) is 15.5. The molecule has 1 saturated heterocycles. The van der Waals surface area contributed by atoms with Gasteiger partial charge in [0.2, 0.25) is 0 Å². The molecule has 1 fully saturated rings. The van der Waals surface area contributed by atoms with Crippen LogP contribution < -0.4 is 9.64 Å². The first-order chi connectivity index (χ1) is 13.0. The molecule has 6 heteroatoms. The zero-order valence-corrected chi connectivity index (χ0v) is 17.0. The number of anilines is 1. The number of benzene rings is 2. The summed E-state index contributed by atoms with van der Waals surface area (Å²) in [4.78, 5) is 16.6. The number of amides is 1. The molecule has 0 N–H and O–H groups in total. The molecular weight excluding hydrogens is 411 g/mol. The van der Waals surface area contributed by atoms with Crippen molar-refractivity contribution >= 4 is 27.5 Å². The minimum absolute atomic E-state index is 0.0907. The number of likely N-dealkylation sites (N-methyl/N-ethyl adjacent to an activating group) is 1. The maximum atomic E-state index is 13.1. The SMILES string of the molecule is CN(Cc1ccccc1N1CCCCC1)C(=O)COc1ccc(F)cc1Br. The number of hydrogen-bond acceptors (Lipinski definition) is 3. The van der Waals surface area contributed by atoms with Crippen molar-refractivity contribution in [2.24, 2.45) is 0 Å². The Labute approximate surface area is 168 Å². The molecule has 4 nitrogen and oxygen atoms in total. The van der Waals surface area contributed by atoms with Gasteiger partial charge in [0.1, 0.15) is 11.6 Å². The Morgan fingerprint density at radius 1 is 1.19 bits per heavy atom. The van der Waals surface area contributed by atoms with E-state index < -0.39 is 0 Å². The summed E-state index contributed by atoms with van der Waals surface area (Å²) < 4.78 is 19.2. The van der Waals surface area contributed by atoms with E-state index in [0.717, 1.165) is 18.7 Å². The fraction of sp³-hybridized carbons (Fsp3) is 0.381. The molecule has 2 aromatic rings. The van der Waals surface area contributed by atoms with Crippen molar-refractivity contribution in [3.63, 3.8) is 0 Å². The molecule has 1 amide bonds. The van der Waals surface area contributed by atoms with Crippen molar-refractivity contribution in [1.29, 1.82) is 0 Å². The molecule has 1 aliphatic rings. The van der Waals surface area contributed by atoms with E-state index in [2.05, 4.69) is 33.0 Å². The highest BCUT2D eigenvalue weighted by molar-refractivity contribution is 9.10. The van der Waals surface area contributed by atoms with Gasteiger partial charge in [-0.2, -0.15) is 0 Å². The van der Waals surface area contributed by atoms with Crippen LogP contribution >= 0.6 is 15.9 Å². The molecule has 27 heavy (non-hydrogen) atoms. The molecule has 3 rings (SSSR count). The molecule has 0 spiro atoms. The summed E-state index contributed by atoms with van der Waals surface area (Å²) in [6.07, 6.45) is 3.71. The average molecular weight is 435 g/mol. The van der Waals surface area contributed by atoms with Crippen molar-refractivity contribution in [3.05, 3.63) is 58.3 Å². The number of rotatable bonds is 6. The Bertz CT molecular complexity index is 794. The van der Waals surface area contributed by atoms with Gasteiger partial charge in [-0.3, -0.25) is 4.79 Å². The first-order valence-electron chi connectivity index (χ1n) is 9.19. The highest BCUT2D eigenvalue weighted by atomic mass is 79.9. The second-order valence-corrected chi connectivity index (χ2v) is 7.64. The largest absolute Gasteiger partial charge is 0.483 e. The third-order valence-electron chi connectivity index (χ3n) is 4.77. The second kappa shape index (κ2) is 9.22. The van der Waals surface area contributed by atoms with Crippen LogP contribution in [0.25, 0.3) is 0 Å². The van der Waals surface area contributed by atoms with Gasteiger partial charge >= 0.3 is 0 Å². The topological polar surface area (TPSA) is 32.8 Å². The standard InChI is InChI=1S/C21H24BrFN2O2/c1-24(21(26)15-27-20-10-9-17(23)13-18(20)22)14-16-7-3-4-8-19(16)25-11-5-2-6-12-25/h3-4,7-10,13H,2,5-6,11-12,14-15H2,1H3. The minimum atomic E-state index is -0.355. The van der Waals surface area contributed by atoms with E-state index in [1.54, 1.807) is 11.9 Å². The molecule has 0 bridgehead atoms. The van der Waals surface area contributed by atoms with Crippen LogP contribution in [-0.4, -0.2) is 37.6 Å². The van der Waals surface area contributed by atoms with Gasteiger partial charge in [0.15, 0.2) is 6.61 Å². The molecule has 0 atom stereocenters. The smallest absolute Gasteiger partial charge is 0.260 e. The first kappa shape index (κ1) is 19.7. The van der Waals surface area contributed by atoms with E-state index in [0.29, 0.717) is 16.8 Å². The number of piperidine rings is 1. The van der Waals surface area contributed by atoms with Gasteiger partial charge in [0.25, 0.3) is 5.91 Å². The molecule has 1 aliphatic heterocycles. The van der Waals surface area contributed by atoms with E-state index >= 15 is 0 Å². The van der Waals surface area contributed by atoms with Crippen molar-refractivity contribution in [2.75, 3.05) is 31.6 Å². The van der Waals surface area contributed by atoms with Crippen molar-refractivity contribution < 1.29 is 13.9 Å².